The van der Waals surface area contributed by atoms with Crippen LogP contribution in [0.5, 0.6) is 0 Å². The highest BCUT2D eigenvalue weighted by Crippen LogP contribution is 2.30. The Bertz CT molecular complexity index is 629. The predicted molar refractivity (Wildman–Crippen MR) is 77.5 cm³/mol. The number of halogens is 1. The Kier molecular flexibility index (Phi) is 4.14. The minimum Gasteiger partial charge on any atom is -0.334 e. The molecule has 2 rings (SSSR count). The van der Waals surface area contributed by atoms with Crippen LogP contribution in [0.3, 0.4) is 0 Å². The molecule has 0 fully saturated rings. The number of nitrogens with zero attached hydrogens (tertiary/aromatic N) is 3. The van der Waals surface area contributed by atoms with E-state index in [-0.39, 0.29) is 16.7 Å². The quantitative estimate of drug-likeness (QED) is 0.525. The molecule has 2 aromatic rings. The SMILES string of the molecule is CC(C)c1ccc(Nc2ncnc(Cl)c2[N+](=O)[O-])cc1. The zero-order valence-corrected chi connectivity index (χ0v) is 11.8. The van der Waals surface area contributed by atoms with Gasteiger partial charge in [0.05, 0.1) is 4.92 Å². The van der Waals surface area contributed by atoms with E-state index in [9.17, 15) is 10.1 Å². The molecule has 1 N–H and O–H groups in total. The van der Waals surface area contributed by atoms with Crippen molar-refractivity contribution in [2.75, 3.05) is 5.32 Å². The van der Waals surface area contributed by atoms with Crippen LogP contribution in [-0.2, 0) is 0 Å². The van der Waals surface area contributed by atoms with Crippen molar-refractivity contribution >= 4 is 28.8 Å². The van der Waals surface area contributed by atoms with Gasteiger partial charge in [0, 0.05) is 5.69 Å². The van der Waals surface area contributed by atoms with Crippen LogP contribution in [0.4, 0.5) is 17.2 Å². The number of nitrogens with one attached hydrogen (secondary N) is 1. The first-order valence-electron chi connectivity index (χ1n) is 6.01. The zero-order chi connectivity index (χ0) is 14.7. The van der Waals surface area contributed by atoms with E-state index in [0.717, 1.165) is 0 Å². The number of hydrogen-bond donors (Lipinski definition) is 1. The minimum atomic E-state index is -0.604. The maximum absolute atomic E-state index is 11.0. The highest BCUT2D eigenvalue weighted by Gasteiger charge is 2.21. The highest BCUT2D eigenvalue weighted by atomic mass is 35.5. The number of benzene rings is 1. The molecular weight excluding hydrogens is 280 g/mol. The second-order valence-corrected chi connectivity index (χ2v) is 4.88. The zero-order valence-electron chi connectivity index (χ0n) is 11.0. The molecule has 1 heterocycles. The number of aromatic nitrogens is 2. The Labute approximate surface area is 121 Å². The summed E-state index contributed by atoms with van der Waals surface area (Å²) in [6, 6.07) is 7.60. The molecule has 0 atom stereocenters. The largest absolute Gasteiger partial charge is 0.348 e. The lowest BCUT2D eigenvalue weighted by Gasteiger charge is -2.09. The molecule has 0 spiro atoms. The summed E-state index contributed by atoms with van der Waals surface area (Å²) in [5, 5.41) is 13.7. The number of anilines is 2. The van der Waals surface area contributed by atoms with E-state index in [4.69, 9.17) is 11.6 Å². The highest BCUT2D eigenvalue weighted by molar-refractivity contribution is 6.31. The first-order chi connectivity index (χ1) is 9.49. The molecule has 7 heteroatoms. The molecule has 0 saturated heterocycles. The maximum atomic E-state index is 11.0. The van der Waals surface area contributed by atoms with Crippen LogP contribution in [0.1, 0.15) is 25.3 Å². The summed E-state index contributed by atoms with van der Waals surface area (Å²) in [7, 11) is 0. The topological polar surface area (TPSA) is 81.0 Å². The summed E-state index contributed by atoms with van der Waals surface area (Å²) >= 11 is 5.72. The molecule has 0 aliphatic rings. The summed E-state index contributed by atoms with van der Waals surface area (Å²) in [5.41, 5.74) is 1.56. The number of nitro groups is 1. The molecule has 0 aliphatic carbocycles. The van der Waals surface area contributed by atoms with Gasteiger partial charge in [-0.3, -0.25) is 10.1 Å². The van der Waals surface area contributed by atoms with Crippen LogP contribution in [0.15, 0.2) is 30.6 Å². The summed E-state index contributed by atoms with van der Waals surface area (Å²) in [4.78, 5) is 17.9. The molecule has 1 aromatic heterocycles. The normalized spacial score (nSPS) is 10.6. The predicted octanol–water partition coefficient (Wildman–Crippen LogP) is 3.91. The molecule has 20 heavy (non-hydrogen) atoms. The van der Waals surface area contributed by atoms with Crippen LogP contribution in [-0.4, -0.2) is 14.9 Å². The molecule has 6 nitrogen and oxygen atoms in total. The van der Waals surface area contributed by atoms with Crippen LogP contribution in [0, 0.1) is 10.1 Å². The lowest BCUT2D eigenvalue weighted by atomic mass is 10.0. The van der Waals surface area contributed by atoms with Crippen molar-refractivity contribution in [2.24, 2.45) is 0 Å². The van der Waals surface area contributed by atoms with Crippen molar-refractivity contribution in [3.05, 3.63) is 51.4 Å². The Hall–Kier alpha value is -2.21. The van der Waals surface area contributed by atoms with Crippen LogP contribution < -0.4 is 5.32 Å². The molecule has 0 aliphatic heterocycles. The van der Waals surface area contributed by atoms with Crippen LogP contribution >= 0.6 is 11.6 Å². The maximum Gasteiger partial charge on any atom is 0.348 e. The van der Waals surface area contributed by atoms with Crippen molar-refractivity contribution in [1.29, 1.82) is 0 Å². The molecule has 0 bridgehead atoms. The van der Waals surface area contributed by atoms with E-state index in [1.807, 2.05) is 24.3 Å². The van der Waals surface area contributed by atoms with Gasteiger partial charge in [-0.15, -0.1) is 0 Å². The first kappa shape index (κ1) is 14.2. The third-order valence-electron chi connectivity index (χ3n) is 2.80. The van der Waals surface area contributed by atoms with Crippen molar-refractivity contribution < 1.29 is 4.92 Å². The van der Waals surface area contributed by atoms with E-state index in [1.165, 1.54) is 11.9 Å². The van der Waals surface area contributed by atoms with Gasteiger partial charge < -0.3 is 5.32 Å². The smallest absolute Gasteiger partial charge is 0.334 e. The molecule has 1 aromatic carbocycles. The van der Waals surface area contributed by atoms with Crippen LogP contribution in [0.2, 0.25) is 5.15 Å². The van der Waals surface area contributed by atoms with E-state index >= 15 is 0 Å². The minimum absolute atomic E-state index is 0.0762. The second-order valence-electron chi connectivity index (χ2n) is 4.52. The standard InChI is InChI=1S/C13H13ClN4O2/c1-8(2)9-3-5-10(6-4-9)17-13-11(18(19)20)12(14)15-7-16-13/h3-8H,1-2H3,(H,15,16,17). The molecule has 0 amide bonds. The average Bonchev–Trinajstić information content (AvgIpc) is 2.39. The van der Waals surface area contributed by atoms with Gasteiger partial charge in [-0.2, -0.15) is 0 Å². The lowest BCUT2D eigenvalue weighted by Crippen LogP contribution is -2.01. The fourth-order valence-corrected chi connectivity index (χ4v) is 1.90. The third-order valence-corrected chi connectivity index (χ3v) is 3.08. The summed E-state index contributed by atoms with van der Waals surface area (Å²) in [6.07, 6.45) is 1.18. The van der Waals surface area contributed by atoms with Crippen molar-refractivity contribution in [3.63, 3.8) is 0 Å². The van der Waals surface area contributed by atoms with Crippen molar-refractivity contribution in [3.8, 4) is 0 Å². The summed E-state index contributed by atoms with van der Waals surface area (Å²) in [5.74, 6) is 0.499. The summed E-state index contributed by atoms with van der Waals surface area (Å²) in [6.45, 7) is 4.19. The second kappa shape index (κ2) is 5.83. The Balaban J connectivity index is 2.30. The molecule has 0 unspecified atom stereocenters. The Morgan fingerprint density at radius 1 is 1.25 bits per heavy atom. The van der Waals surface area contributed by atoms with E-state index in [1.54, 1.807) is 0 Å². The molecule has 0 saturated carbocycles. The first-order valence-corrected chi connectivity index (χ1v) is 6.38. The van der Waals surface area contributed by atoms with Gasteiger partial charge in [0.15, 0.2) is 0 Å². The fourth-order valence-electron chi connectivity index (χ4n) is 1.70. The molecule has 104 valence electrons. The van der Waals surface area contributed by atoms with Crippen molar-refractivity contribution in [2.45, 2.75) is 19.8 Å². The van der Waals surface area contributed by atoms with Crippen molar-refractivity contribution in [1.82, 2.24) is 9.97 Å². The Morgan fingerprint density at radius 3 is 2.45 bits per heavy atom. The fraction of sp³-hybridized carbons (Fsp3) is 0.231. The summed E-state index contributed by atoms with van der Waals surface area (Å²) < 4.78 is 0. The van der Waals surface area contributed by atoms with Gasteiger partial charge in [0.1, 0.15) is 6.33 Å². The van der Waals surface area contributed by atoms with Crippen LogP contribution in [0.25, 0.3) is 0 Å². The van der Waals surface area contributed by atoms with Gasteiger partial charge >= 0.3 is 5.69 Å². The van der Waals surface area contributed by atoms with E-state index in [0.29, 0.717) is 11.6 Å². The average molecular weight is 293 g/mol. The Morgan fingerprint density at radius 2 is 1.90 bits per heavy atom. The van der Waals surface area contributed by atoms with Gasteiger partial charge in [-0.25, -0.2) is 9.97 Å². The van der Waals surface area contributed by atoms with Gasteiger partial charge in [0.2, 0.25) is 11.0 Å². The monoisotopic (exact) mass is 292 g/mol. The van der Waals surface area contributed by atoms with Gasteiger partial charge in [-0.1, -0.05) is 37.6 Å². The van der Waals surface area contributed by atoms with Gasteiger partial charge in [0.25, 0.3) is 0 Å². The van der Waals surface area contributed by atoms with E-state index < -0.39 is 4.92 Å². The number of hydrogen-bond acceptors (Lipinski definition) is 5. The molecule has 0 radical (unpaired) electrons. The molecular formula is C13H13ClN4O2. The third kappa shape index (κ3) is 3.03. The number of rotatable bonds is 4. The lowest BCUT2D eigenvalue weighted by molar-refractivity contribution is -0.384. The van der Waals surface area contributed by atoms with Gasteiger partial charge in [-0.05, 0) is 23.6 Å². The van der Waals surface area contributed by atoms with E-state index in [2.05, 4.69) is 29.1 Å².